The summed E-state index contributed by atoms with van der Waals surface area (Å²) < 4.78 is 30.2. The number of phenolic OH excluding ortho intramolecular Hbond substituents is 1. The van der Waals surface area contributed by atoms with Gasteiger partial charge in [0.2, 0.25) is 5.88 Å². The number of methoxy groups -OCH3 is 3. The van der Waals surface area contributed by atoms with Gasteiger partial charge in [-0.05, 0) is 36.4 Å². The lowest BCUT2D eigenvalue weighted by Gasteiger charge is -2.28. The first kappa shape index (κ1) is 24.5. The molecule has 0 saturated heterocycles. The normalized spacial score (nSPS) is 13.9. The maximum atomic E-state index is 13.7. The molecule has 11 heteroatoms. The standard InChI is InChI=1S/C30H22N4O7/c1-37-20-12-11-15(13-18(20)35)27-32-28-24-22(17-8-6-10-21(38-2)25(17)39-3)23-26(41-29(24)31-14-34(28)33-27)16-7-4-5-9-19(16)40-30(23)36/h4-14,22,35H,1-3H3. The summed E-state index contributed by atoms with van der Waals surface area (Å²) in [6.07, 6.45) is 1.49. The molecule has 204 valence electrons. The van der Waals surface area contributed by atoms with Crippen LogP contribution in [0, 0.1) is 0 Å². The van der Waals surface area contributed by atoms with Gasteiger partial charge in [-0.1, -0.05) is 24.3 Å². The summed E-state index contributed by atoms with van der Waals surface area (Å²) in [4.78, 5) is 23.0. The quantitative estimate of drug-likeness (QED) is 0.295. The Balaban J connectivity index is 1.54. The average molecular weight is 551 g/mol. The second-order valence-corrected chi connectivity index (χ2v) is 9.30. The molecular weight excluding hydrogens is 528 g/mol. The summed E-state index contributed by atoms with van der Waals surface area (Å²) in [5, 5.41) is 15.6. The molecule has 1 unspecified atom stereocenters. The molecule has 0 saturated carbocycles. The molecule has 41 heavy (non-hydrogen) atoms. The van der Waals surface area contributed by atoms with Crippen LogP contribution >= 0.6 is 0 Å². The van der Waals surface area contributed by atoms with Gasteiger partial charge in [-0.15, -0.1) is 5.10 Å². The predicted octanol–water partition coefficient (Wildman–Crippen LogP) is 4.92. The van der Waals surface area contributed by atoms with Gasteiger partial charge in [-0.2, -0.15) is 0 Å². The third-order valence-electron chi connectivity index (χ3n) is 7.14. The Morgan fingerprint density at radius 1 is 0.927 bits per heavy atom. The highest BCUT2D eigenvalue weighted by atomic mass is 16.5. The van der Waals surface area contributed by atoms with Gasteiger partial charge < -0.3 is 28.5 Å². The van der Waals surface area contributed by atoms with Crippen molar-refractivity contribution in [2.24, 2.45) is 0 Å². The number of ether oxygens (including phenoxy) is 4. The molecule has 0 amide bonds. The molecule has 11 nitrogen and oxygen atoms in total. The molecule has 6 aromatic rings. The van der Waals surface area contributed by atoms with Gasteiger partial charge >= 0.3 is 5.63 Å². The van der Waals surface area contributed by atoms with Crippen LogP contribution in [0.2, 0.25) is 0 Å². The fourth-order valence-electron chi connectivity index (χ4n) is 5.33. The van der Waals surface area contributed by atoms with Crippen LogP contribution in [0.4, 0.5) is 0 Å². The van der Waals surface area contributed by atoms with E-state index in [1.807, 2.05) is 24.3 Å². The van der Waals surface area contributed by atoms with E-state index in [0.717, 1.165) is 0 Å². The first-order valence-electron chi connectivity index (χ1n) is 12.6. The Bertz CT molecular complexity index is 2050. The highest BCUT2D eigenvalue weighted by Crippen LogP contribution is 2.51. The first-order chi connectivity index (χ1) is 20.0. The number of para-hydroxylation sites is 2. The molecule has 0 fully saturated rings. The first-order valence-corrected chi connectivity index (χ1v) is 12.6. The number of hydrogen-bond donors (Lipinski definition) is 1. The Kier molecular flexibility index (Phi) is 5.53. The minimum absolute atomic E-state index is 0.0512. The molecule has 4 heterocycles. The van der Waals surface area contributed by atoms with Crippen molar-refractivity contribution >= 4 is 16.6 Å². The third-order valence-corrected chi connectivity index (χ3v) is 7.14. The number of aromatic nitrogens is 4. The molecule has 1 N–H and O–H groups in total. The molecule has 0 bridgehead atoms. The van der Waals surface area contributed by atoms with Crippen molar-refractivity contribution in [1.82, 2.24) is 19.6 Å². The fourth-order valence-corrected chi connectivity index (χ4v) is 5.33. The van der Waals surface area contributed by atoms with Crippen LogP contribution in [0.1, 0.15) is 22.6 Å². The maximum Gasteiger partial charge on any atom is 0.344 e. The number of rotatable bonds is 5. The van der Waals surface area contributed by atoms with Crippen LogP contribution in [0.5, 0.6) is 34.6 Å². The largest absolute Gasteiger partial charge is 0.504 e. The Morgan fingerprint density at radius 3 is 2.54 bits per heavy atom. The summed E-state index contributed by atoms with van der Waals surface area (Å²) >= 11 is 0. The summed E-state index contributed by atoms with van der Waals surface area (Å²) in [6.45, 7) is 0. The molecule has 1 aliphatic rings. The monoisotopic (exact) mass is 550 g/mol. The van der Waals surface area contributed by atoms with E-state index in [2.05, 4.69) is 10.1 Å². The predicted molar refractivity (Wildman–Crippen MR) is 147 cm³/mol. The Morgan fingerprint density at radius 2 is 1.76 bits per heavy atom. The minimum Gasteiger partial charge on any atom is -0.504 e. The van der Waals surface area contributed by atoms with E-state index in [0.29, 0.717) is 62.1 Å². The highest BCUT2D eigenvalue weighted by Gasteiger charge is 2.39. The summed E-state index contributed by atoms with van der Waals surface area (Å²) in [5.41, 5.74) is 2.16. The van der Waals surface area contributed by atoms with E-state index in [4.69, 9.17) is 28.3 Å². The van der Waals surface area contributed by atoms with E-state index < -0.39 is 11.5 Å². The van der Waals surface area contributed by atoms with E-state index in [1.165, 1.54) is 31.1 Å². The lowest BCUT2D eigenvalue weighted by atomic mass is 9.83. The number of aromatic hydroxyl groups is 1. The van der Waals surface area contributed by atoms with E-state index >= 15 is 0 Å². The second-order valence-electron chi connectivity index (χ2n) is 9.30. The third kappa shape index (κ3) is 3.66. The second kappa shape index (κ2) is 9.26. The van der Waals surface area contributed by atoms with Crippen molar-refractivity contribution < 1.29 is 28.5 Å². The van der Waals surface area contributed by atoms with Gasteiger partial charge in [0, 0.05) is 11.1 Å². The SMILES string of the molecule is COc1ccc(-c2nc3c4c(ncn3n2)Oc2c(c(=O)oc3ccccc23)C4c2cccc(OC)c2OC)cc1O. The van der Waals surface area contributed by atoms with Crippen LogP contribution in [0.15, 0.2) is 76.2 Å². The summed E-state index contributed by atoms with van der Waals surface area (Å²) in [7, 11) is 4.56. The molecule has 0 radical (unpaired) electrons. The smallest absolute Gasteiger partial charge is 0.344 e. The van der Waals surface area contributed by atoms with Gasteiger partial charge in [0.05, 0.1) is 43.8 Å². The van der Waals surface area contributed by atoms with Gasteiger partial charge in [0.15, 0.2) is 40.2 Å². The van der Waals surface area contributed by atoms with Crippen LogP contribution in [0.25, 0.3) is 28.0 Å². The number of fused-ring (bicyclic) bond motifs is 6. The van der Waals surface area contributed by atoms with Crippen LogP contribution < -0.4 is 24.6 Å². The van der Waals surface area contributed by atoms with Crippen molar-refractivity contribution in [3.8, 4) is 46.0 Å². The number of nitrogens with zero attached hydrogens (tertiary/aromatic N) is 4. The molecule has 7 rings (SSSR count). The molecule has 1 atom stereocenters. The zero-order valence-corrected chi connectivity index (χ0v) is 22.1. The minimum atomic E-state index is -0.767. The van der Waals surface area contributed by atoms with E-state index in [-0.39, 0.29) is 17.2 Å². The fraction of sp³-hybridized carbons (Fsp3) is 0.133. The van der Waals surface area contributed by atoms with Gasteiger partial charge in [-0.3, -0.25) is 0 Å². The van der Waals surface area contributed by atoms with Crippen LogP contribution in [-0.4, -0.2) is 46.0 Å². The number of benzene rings is 3. The van der Waals surface area contributed by atoms with E-state index in [1.54, 1.807) is 37.4 Å². The lowest BCUT2D eigenvalue weighted by molar-refractivity contribution is 0.349. The number of phenols is 1. The lowest BCUT2D eigenvalue weighted by Crippen LogP contribution is -2.22. The summed E-state index contributed by atoms with van der Waals surface area (Å²) in [5.74, 6) is 1.36. The molecule has 3 aromatic carbocycles. The van der Waals surface area contributed by atoms with Crippen molar-refractivity contribution in [2.75, 3.05) is 21.3 Å². The Hall–Kier alpha value is -5.58. The topological polar surface area (TPSA) is 130 Å². The van der Waals surface area contributed by atoms with E-state index in [9.17, 15) is 9.90 Å². The average Bonchev–Trinajstić information content (AvgIpc) is 3.44. The highest BCUT2D eigenvalue weighted by molar-refractivity contribution is 5.87. The van der Waals surface area contributed by atoms with Crippen LogP contribution in [-0.2, 0) is 0 Å². The zero-order chi connectivity index (χ0) is 28.2. The molecular formula is C30H22N4O7. The molecule has 0 aliphatic carbocycles. The van der Waals surface area contributed by atoms with Gasteiger partial charge in [0.1, 0.15) is 11.9 Å². The van der Waals surface area contributed by atoms with Gasteiger partial charge in [0.25, 0.3) is 0 Å². The maximum absolute atomic E-state index is 13.7. The van der Waals surface area contributed by atoms with Crippen LogP contribution in [0.3, 0.4) is 0 Å². The Labute approximate surface area is 232 Å². The van der Waals surface area contributed by atoms with Gasteiger partial charge in [-0.25, -0.2) is 19.3 Å². The van der Waals surface area contributed by atoms with Crippen molar-refractivity contribution in [1.29, 1.82) is 0 Å². The van der Waals surface area contributed by atoms with Crippen molar-refractivity contribution in [3.05, 3.63) is 94.1 Å². The van der Waals surface area contributed by atoms with Crippen molar-refractivity contribution in [3.63, 3.8) is 0 Å². The molecule has 3 aromatic heterocycles. The van der Waals surface area contributed by atoms with Crippen molar-refractivity contribution in [2.45, 2.75) is 5.92 Å². The molecule has 0 spiro atoms. The summed E-state index contributed by atoms with van der Waals surface area (Å²) in [6, 6.07) is 17.5. The molecule has 1 aliphatic heterocycles. The number of hydrogen-bond acceptors (Lipinski definition) is 10. The zero-order valence-electron chi connectivity index (χ0n) is 22.1.